The Morgan fingerprint density at radius 3 is 2.88 bits per heavy atom. The number of hydrogen-bond donors (Lipinski definition) is 3. The van der Waals surface area contributed by atoms with Crippen molar-refractivity contribution in [1.82, 2.24) is 15.4 Å². The fourth-order valence-corrected chi connectivity index (χ4v) is 2.90. The molecule has 5 nitrogen and oxygen atoms in total. The zero-order valence-electron chi connectivity index (χ0n) is 9.96. The molecule has 96 valence electrons. The van der Waals surface area contributed by atoms with Gasteiger partial charge in [0.2, 0.25) is 10.0 Å². The lowest BCUT2D eigenvalue weighted by Crippen LogP contribution is -2.38. The van der Waals surface area contributed by atoms with Crippen molar-refractivity contribution in [2.75, 3.05) is 38.5 Å². The molecule has 0 radical (unpaired) electrons. The van der Waals surface area contributed by atoms with E-state index in [0.29, 0.717) is 19.0 Å². The van der Waals surface area contributed by atoms with Crippen LogP contribution in [0.3, 0.4) is 0 Å². The summed E-state index contributed by atoms with van der Waals surface area (Å²) in [6.45, 7) is 5.87. The van der Waals surface area contributed by atoms with E-state index < -0.39 is 10.0 Å². The van der Waals surface area contributed by atoms with Crippen LogP contribution in [0.25, 0.3) is 0 Å². The standard InChI is InChI=1S/C10H23N3O2S/c1-2-13-16(14,15)7-6-12-9-10-4-3-5-11-8-10/h10-13H,2-9H2,1H3. The normalized spacial score (nSPS) is 22.2. The van der Waals surface area contributed by atoms with Gasteiger partial charge in [-0.3, -0.25) is 0 Å². The van der Waals surface area contributed by atoms with Gasteiger partial charge in [-0.1, -0.05) is 6.92 Å². The first-order valence-electron chi connectivity index (χ1n) is 6.03. The molecule has 1 fully saturated rings. The van der Waals surface area contributed by atoms with E-state index in [4.69, 9.17) is 0 Å². The molecule has 1 rings (SSSR count). The molecule has 0 spiro atoms. The molecule has 3 N–H and O–H groups in total. The molecular weight excluding hydrogens is 226 g/mol. The molecule has 0 aromatic carbocycles. The van der Waals surface area contributed by atoms with E-state index in [2.05, 4.69) is 15.4 Å². The highest BCUT2D eigenvalue weighted by molar-refractivity contribution is 7.89. The minimum absolute atomic E-state index is 0.168. The van der Waals surface area contributed by atoms with Crippen LogP contribution in [-0.4, -0.2) is 46.9 Å². The van der Waals surface area contributed by atoms with Crippen LogP contribution < -0.4 is 15.4 Å². The first kappa shape index (κ1) is 13.9. The smallest absolute Gasteiger partial charge is 0.212 e. The zero-order valence-corrected chi connectivity index (χ0v) is 10.8. The van der Waals surface area contributed by atoms with Crippen LogP contribution in [0.5, 0.6) is 0 Å². The Bertz CT molecular complexity index is 274. The largest absolute Gasteiger partial charge is 0.316 e. The van der Waals surface area contributed by atoms with Crippen molar-refractivity contribution >= 4 is 10.0 Å². The SMILES string of the molecule is CCNS(=O)(=O)CCNCC1CCCNC1. The second kappa shape index (κ2) is 7.21. The molecular formula is C10H23N3O2S. The maximum atomic E-state index is 11.3. The molecule has 1 heterocycles. The van der Waals surface area contributed by atoms with E-state index in [1.807, 2.05) is 0 Å². The Kier molecular flexibility index (Phi) is 6.26. The van der Waals surface area contributed by atoms with Crippen molar-refractivity contribution in [3.63, 3.8) is 0 Å². The van der Waals surface area contributed by atoms with Crippen LogP contribution in [-0.2, 0) is 10.0 Å². The molecule has 16 heavy (non-hydrogen) atoms. The second-order valence-electron chi connectivity index (χ2n) is 4.23. The molecule has 0 amide bonds. The third kappa shape index (κ3) is 5.79. The number of nitrogens with one attached hydrogen (secondary N) is 3. The summed E-state index contributed by atoms with van der Waals surface area (Å²) in [6.07, 6.45) is 2.46. The Morgan fingerprint density at radius 2 is 2.25 bits per heavy atom. The summed E-state index contributed by atoms with van der Waals surface area (Å²) in [4.78, 5) is 0. The van der Waals surface area contributed by atoms with Crippen molar-refractivity contribution in [1.29, 1.82) is 0 Å². The fourth-order valence-electron chi connectivity index (χ4n) is 1.90. The Morgan fingerprint density at radius 1 is 1.44 bits per heavy atom. The summed E-state index contributed by atoms with van der Waals surface area (Å²) < 4.78 is 25.1. The van der Waals surface area contributed by atoms with E-state index in [-0.39, 0.29) is 5.75 Å². The van der Waals surface area contributed by atoms with E-state index in [1.54, 1.807) is 6.92 Å². The molecule has 0 saturated carbocycles. The van der Waals surface area contributed by atoms with Gasteiger partial charge in [-0.2, -0.15) is 0 Å². The number of piperidine rings is 1. The molecule has 0 aromatic rings. The fraction of sp³-hybridized carbons (Fsp3) is 1.00. The highest BCUT2D eigenvalue weighted by Gasteiger charge is 2.13. The Balaban J connectivity index is 2.06. The molecule has 0 aromatic heterocycles. The molecule has 1 aliphatic rings. The molecule has 1 atom stereocenters. The van der Waals surface area contributed by atoms with Crippen molar-refractivity contribution in [2.24, 2.45) is 5.92 Å². The lowest BCUT2D eigenvalue weighted by atomic mass is 10.00. The van der Waals surface area contributed by atoms with Crippen LogP contribution in [0.4, 0.5) is 0 Å². The van der Waals surface area contributed by atoms with Gasteiger partial charge in [-0.05, 0) is 38.4 Å². The minimum atomic E-state index is -3.06. The molecule has 0 aliphatic carbocycles. The van der Waals surface area contributed by atoms with E-state index >= 15 is 0 Å². The lowest BCUT2D eigenvalue weighted by molar-refractivity contribution is 0.363. The summed E-state index contributed by atoms with van der Waals surface area (Å²) in [5, 5.41) is 6.55. The second-order valence-corrected chi connectivity index (χ2v) is 6.16. The van der Waals surface area contributed by atoms with Gasteiger partial charge < -0.3 is 10.6 Å². The maximum absolute atomic E-state index is 11.3. The van der Waals surface area contributed by atoms with Gasteiger partial charge in [0.15, 0.2) is 0 Å². The average Bonchev–Trinajstić information content (AvgIpc) is 2.26. The number of hydrogen-bond acceptors (Lipinski definition) is 4. The quantitative estimate of drug-likeness (QED) is 0.533. The topological polar surface area (TPSA) is 70.2 Å². The first-order chi connectivity index (χ1) is 7.64. The van der Waals surface area contributed by atoms with Gasteiger partial charge >= 0.3 is 0 Å². The highest BCUT2D eigenvalue weighted by atomic mass is 32.2. The zero-order chi connectivity index (χ0) is 11.9. The average molecular weight is 249 g/mol. The van der Waals surface area contributed by atoms with E-state index in [0.717, 1.165) is 19.6 Å². The maximum Gasteiger partial charge on any atom is 0.212 e. The molecule has 1 unspecified atom stereocenters. The van der Waals surface area contributed by atoms with E-state index in [9.17, 15) is 8.42 Å². The summed E-state index contributed by atoms with van der Waals surface area (Å²) in [5.74, 6) is 0.816. The van der Waals surface area contributed by atoms with Gasteiger partial charge in [-0.25, -0.2) is 13.1 Å². The third-order valence-corrected chi connectivity index (χ3v) is 4.21. The predicted octanol–water partition coefficient (Wildman–Crippen LogP) is -0.485. The third-order valence-electron chi connectivity index (χ3n) is 2.74. The van der Waals surface area contributed by atoms with Crippen molar-refractivity contribution < 1.29 is 8.42 Å². The van der Waals surface area contributed by atoms with Gasteiger partial charge in [0.1, 0.15) is 0 Å². The lowest BCUT2D eigenvalue weighted by Gasteiger charge is -2.22. The van der Waals surface area contributed by atoms with Crippen LogP contribution in [0, 0.1) is 5.92 Å². The van der Waals surface area contributed by atoms with Crippen LogP contribution in [0.15, 0.2) is 0 Å². The van der Waals surface area contributed by atoms with Gasteiger partial charge in [0.25, 0.3) is 0 Å². The van der Waals surface area contributed by atoms with Crippen LogP contribution in [0.1, 0.15) is 19.8 Å². The van der Waals surface area contributed by atoms with Crippen molar-refractivity contribution in [2.45, 2.75) is 19.8 Å². The molecule has 1 aliphatic heterocycles. The number of rotatable bonds is 7. The summed E-state index contributed by atoms with van der Waals surface area (Å²) in [5.41, 5.74) is 0. The van der Waals surface area contributed by atoms with Gasteiger partial charge in [-0.15, -0.1) is 0 Å². The monoisotopic (exact) mass is 249 g/mol. The van der Waals surface area contributed by atoms with Crippen molar-refractivity contribution in [3.05, 3.63) is 0 Å². The molecule has 0 bridgehead atoms. The molecule has 6 heteroatoms. The van der Waals surface area contributed by atoms with Gasteiger partial charge in [0.05, 0.1) is 5.75 Å². The predicted molar refractivity (Wildman–Crippen MR) is 65.9 cm³/mol. The minimum Gasteiger partial charge on any atom is -0.316 e. The highest BCUT2D eigenvalue weighted by Crippen LogP contribution is 2.07. The summed E-state index contributed by atoms with van der Waals surface area (Å²) >= 11 is 0. The first-order valence-corrected chi connectivity index (χ1v) is 7.68. The van der Waals surface area contributed by atoms with Gasteiger partial charge in [0, 0.05) is 13.1 Å². The van der Waals surface area contributed by atoms with E-state index in [1.165, 1.54) is 12.8 Å². The Hall–Kier alpha value is -0.170. The summed E-state index contributed by atoms with van der Waals surface area (Å²) in [7, 11) is -3.06. The summed E-state index contributed by atoms with van der Waals surface area (Å²) in [6, 6.07) is 0. The van der Waals surface area contributed by atoms with Crippen LogP contribution in [0.2, 0.25) is 0 Å². The Labute approximate surface area is 98.4 Å². The van der Waals surface area contributed by atoms with Crippen LogP contribution >= 0.6 is 0 Å². The number of sulfonamides is 1. The molecule has 1 saturated heterocycles. The van der Waals surface area contributed by atoms with Crippen molar-refractivity contribution in [3.8, 4) is 0 Å².